The van der Waals surface area contributed by atoms with Crippen molar-refractivity contribution >= 4 is 0 Å². The average molecular weight is 188 g/mol. The number of nitrogens with zero attached hydrogens (tertiary/aromatic N) is 1. The molecule has 0 fully saturated rings. The van der Waals surface area contributed by atoms with Gasteiger partial charge < -0.3 is 10.8 Å². The number of hydrogen-bond donors (Lipinski definition) is 2. The minimum Gasteiger partial charge on any atom is -0.390 e. The van der Waals surface area contributed by atoms with E-state index >= 15 is 0 Å². The van der Waals surface area contributed by atoms with Crippen LogP contribution in [-0.4, -0.2) is 41.3 Å². The Labute approximate surface area is 81.9 Å². The lowest BCUT2D eigenvalue weighted by Gasteiger charge is -2.36. The van der Waals surface area contributed by atoms with Gasteiger partial charge in [-0.05, 0) is 33.7 Å². The molecule has 0 amide bonds. The van der Waals surface area contributed by atoms with Crippen molar-refractivity contribution in [2.75, 3.05) is 19.6 Å². The summed E-state index contributed by atoms with van der Waals surface area (Å²) in [6.45, 7) is 10.7. The van der Waals surface area contributed by atoms with Crippen molar-refractivity contribution in [1.82, 2.24) is 4.90 Å². The van der Waals surface area contributed by atoms with Gasteiger partial charge in [-0.3, -0.25) is 4.90 Å². The molecule has 0 aliphatic carbocycles. The molecule has 1 atom stereocenters. The summed E-state index contributed by atoms with van der Waals surface area (Å²) in [5.41, 5.74) is 5.50. The molecule has 0 aromatic rings. The highest BCUT2D eigenvalue weighted by Gasteiger charge is 2.22. The molecule has 80 valence electrons. The second-order valence-electron chi connectivity index (χ2n) is 4.51. The maximum absolute atomic E-state index is 9.45. The number of rotatable bonds is 5. The van der Waals surface area contributed by atoms with Gasteiger partial charge >= 0.3 is 0 Å². The SMILES string of the molecule is CCCN(C[C@@H](O)CN)C(C)(C)C. The molecule has 13 heavy (non-hydrogen) atoms. The van der Waals surface area contributed by atoms with Crippen molar-refractivity contribution in [3.05, 3.63) is 0 Å². The quantitative estimate of drug-likeness (QED) is 0.671. The molecule has 0 aromatic heterocycles. The third-order valence-corrected chi connectivity index (χ3v) is 2.15. The summed E-state index contributed by atoms with van der Waals surface area (Å²) in [4.78, 5) is 2.27. The van der Waals surface area contributed by atoms with Crippen LogP contribution in [-0.2, 0) is 0 Å². The molecule has 0 unspecified atom stereocenters. The fraction of sp³-hybridized carbons (Fsp3) is 1.00. The Morgan fingerprint density at radius 2 is 1.92 bits per heavy atom. The van der Waals surface area contributed by atoms with E-state index in [0.29, 0.717) is 13.1 Å². The second kappa shape index (κ2) is 5.58. The van der Waals surface area contributed by atoms with Gasteiger partial charge in [-0.25, -0.2) is 0 Å². The van der Waals surface area contributed by atoms with Gasteiger partial charge in [-0.15, -0.1) is 0 Å². The molecule has 0 bridgehead atoms. The Morgan fingerprint density at radius 1 is 1.38 bits per heavy atom. The van der Waals surface area contributed by atoms with Gasteiger partial charge in [0.05, 0.1) is 6.10 Å². The molecule has 0 rings (SSSR count). The van der Waals surface area contributed by atoms with Crippen molar-refractivity contribution in [2.45, 2.75) is 45.8 Å². The smallest absolute Gasteiger partial charge is 0.0789 e. The zero-order chi connectivity index (χ0) is 10.5. The van der Waals surface area contributed by atoms with Crippen LogP contribution in [0.5, 0.6) is 0 Å². The number of nitrogens with two attached hydrogens (primary N) is 1. The molecule has 3 N–H and O–H groups in total. The van der Waals surface area contributed by atoms with Crippen LogP contribution in [0.15, 0.2) is 0 Å². The number of β-amino-alcohol motifs (C(OH)–C–C–N with tert-alkyl or cyclic N) is 1. The van der Waals surface area contributed by atoms with E-state index in [4.69, 9.17) is 5.73 Å². The molecule has 0 aliphatic heterocycles. The Hall–Kier alpha value is -0.120. The van der Waals surface area contributed by atoms with Crippen LogP contribution in [0, 0.1) is 0 Å². The second-order valence-corrected chi connectivity index (χ2v) is 4.51. The summed E-state index contributed by atoms with van der Waals surface area (Å²) >= 11 is 0. The standard InChI is InChI=1S/C10H24N2O/c1-5-6-12(10(2,3)4)8-9(13)7-11/h9,13H,5-8,11H2,1-4H3/t9-/m0/s1. The lowest BCUT2D eigenvalue weighted by molar-refractivity contribution is 0.0628. The van der Waals surface area contributed by atoms with Crippen LogP contribution in [0.25, 0.3) is 0 Å². The average Bonchev–Trinajstić information content (AvgIpc) is 2.01. The minimum absolute atomic E-state index is 0.117. The third kappa shape index (κ3) is 5.24. The summed E-state index contributed by atoms with van der Waals surface area (Å²) in [6.07, 6.45) is 0.708. The Kier molecular flexibility index (Phi) is 5.53. The number of aliphatic hydroxyl groups is 1. The zero-order valence-corrected chi connectivity index (χ0v) is 9.38. The van der Waals surface area contributed by atoms with Crippen LogP contribution in [0.3, 0.4) is 0 Å². The lowest BCUT2D eigenvalue weighted by atomic mass is 10.0. The van der Waals surface area contributed by atoms with Gasteiger partial charge in [0.25, 0.3) is 0 Å². The van der Waals surface area contributed by atoms with Crippen LogP contribution in [0.2, 0.25) is 0 Å². The molecule has 0 saturated carbocycles. The molecule has 0 aliphatic rings. The maximum Gasteiger partial charge on any atom is 0.0789 e. The highest BCUT2D eigenvalue weighted by atomic mass is 16.3. The maximum atomic E-state index is 9.45. The van der Waals surface area contributed by atoms with Crippen LogP contribution >= 0.6 is 0 Å². The summed E-state index contributed by atoms with van der Waals surface area (Å²) in [7, 11) is 0. The van der Waals surface area contributed by atoms with Gasteiger partial charge in [-0.2, -0.15) is 0 Å². The Morgan fingerprint density at radius 3 is 2.23 bits per heavy atom. The van der Waals surface area contributed by atoms with E-state index in [9.17, 15) is 5.11 Å². The van der Waals surface area contributed by atoms with E-state index in [1.165, 1.54) is 0 Å². The van der Waals surface area contributed by atoms with E-state index in [1.54, 1.807) is 0 Å². The first-order valence-electron chi connectivity index (χ1n) is 5.05. The van der Waals surface area contributed by atoms with Gasteiger partial charge in [-0.1, -0.05) is 6.92 Å². The Balaban J connectivity index is 4.10. The number of aliphatic hydroxyl groups excluding tert-OH is 1. The topological polar surface area (TPSA) is 49.5 Å². The molecule has 0 aromatic carbocycles. The molecular formula is C10H24N2O. The fourth-order valence-electron chi connectivity index (χ4n) is 1.30. The van der Waals surface area contributed by atoms with Crippen molar-refractivity contribution in [3.8, 4) is 0 Å². The highest BCUT2D eigenvalue weighted by molar-refractivity contribution is 4.78. The Bertz CT molecular complexity index is 131. The minimum atomic E-state index is -0.397. The van der Waals surface area contributed by atoms with Crippen LogP contribution in [0.4, 0.5) is 0 Å². The fourth-order valence-corrected chi connectivity index (χ4v) is 1.30. The van der Waals surface area contributed by atoms with Gasteiger partial charge in [0.15, 0.2) is 0 Å². The molecule has 3 nitrogen and oxygen atoms in total. The van der Waals surface area contributed by atoms with E-state index in [2.05, 4.69) is 32.6 Å². The summed E-state index contributed by atoms with van der Waals surface area (Å²) in [5, 5.41) is 9.45. The molecular weight excluding hydrogens is 164 g/mol. The lowest BCUT2D eigenvalue weighted by Crippen LogP contribution is -2.47. The first kappa shape index (κ1) is 12.9. The van der Waals surface area contributed by atoms with Crippen molar-refractivity contribution in [2.24, 2.45) is 5.73 Å². The molecule has 0 spiro atoms. The number of hydrogen-bond acceptors (Lipinski definition) is 3. The van der Waals surface area contributed by atoms with Crippen molar-refractivity contribution in [1.29, 1.82) is 0 Å². The first-order chi connectivity index (χ1) is 5.91. The van der Waals surface area contributed by atoms with Crippen LogP contribution < -0.4 is 5.73 Å². The predicted octanol–water partition coefficient (Wildman–Crippen LogP) is 0.816. The van der Waals surface area contributed by atoms with Crippen molar-refractivity contribution in [3.63, 3.8) is 0 Å². The van der Waals surface area contributed by atoms with E-state index in [0.717, 1.165) is 13.0 Å². The highest BCUT2D eigenvalue weighted by Crippen LogP contribution is 2.13. The summed E-state index contributed by atoms with van der Waals surface area (Å²) in [6, 6.07) is 0. The van der Waals surface area contributed by atoms with Gasteiger partial charge in [0, 0.05) is 18.6 Å². The van der Waals surface area contributed by atoms with Crippen LogP contribution in [0.1, 0.15) is 34.1 Å². The van der Waals surface area contributed by atoms with E-state index in [-0.39, 0.29) is 5.54 Å². The van der Waals surface area contributed by atoms with Crippen molar-refractivity contribution < 1.29 is 5.11 Å². The molecule has 3 heteroatoms. The normalized spacial score (nSPS) is 15.0. The van der Waals surface area contributed by atoms with E-state index < -0.39 is 6.10 Å². The largest absolute Gasteiger partial charge is 0.390 e. The summed E-state index contributed by atoms with van der Waals surface area (Å²) < 4.78 is 0. The summed E-state index contributed by atoms with van der Waals surface area (Å²) in [5.74, 6) is 0. The molecule has 0 radical (unpaired) electrons. The van der Waals surface area contributed by atoms with E-state index in [1.807, 2.05) is 0 Å². The van der Waals surface area contributed by atoms with Gasteiger partial charge in [0.2, 0.25) is 0 Å². The zero-order valence-electron chi connectivity index (χ0n) is 9.38. The third-order valence-electron chi connectivity index (χ3n) is 2.15. The molecule has 0 saturated heterocycles. The predicted molar refractivity (Wildman–Crippen MR) is 56.7 cm³/mol. The molecule has 0 heterocycles. The van der Waals surface area contributed by atoms with Gasteiger partial charge in [0.1, 0.15) is 0 Å². The first-order valence-corrected chi connectivity index (χ1v) is 5.05. The monoisotopic (exact) mass is 188 g/mol.